The Morgan fingerprint density at radius 3 is 1.96 bits per heavy atom. The highest BCUT2D eigenvalue weighted by Gasteiger charge is 2.61. The van der Waals surface area contributed by atoms with Crippen LogP contribution in [0.25, 0.3) is 0 Å². The minimum absolute atomic E-state index is 0.0838. The predicted molar refractivity (Wildman–Crippen MR) is 95.4 cm³/mol. The Morgan fingerprint density at radius 1 is 1.14 bits per heavy atom. The zero-order valence-electron chi connectivity index (χ0n) is 16.1. The quantitative estimate of drug-likeness (QED) is 0.290. The number of hydrogen-bond acceptors (Lipinski definition) is 7. The molecular formula is C18H23FN2O7. The van der Waals surface area contributed by atoms with Gasteiger partial charge in [0.25, 0.3) is 0 Å². The maximum absolute atomic E-state index is 13.4. The first-order valence-corrected chi connectivity index (χ1v) is 8.63. The summed E-state index contributed by atoms with van der Waals surface area (Å²) in [7, 11) is 0. The first kappa shape index (κ1) is 23.0. The third-order valence-electron chi connectivity index (χ3n) is 4.08. The number of carbonyl (C=O) groups is 3. The Kier molecular flexibility index (Phi) is 8.02. The number of carbonyl (C=O) groups excluding carboxylic acids is 3. The van der Waals surface area contributed by atoms with E-state index in [1.165, 1.54) is 32.9 Å². The molecule has 1 aromatic carbocycles. The van der Waals surface area contributed by atoms with Gasteiger partial charge < -0.3 is 14.8 Å². The lowest BCUT2D eigenvalue weighted by molar-refractivity contribution is -0.523. The third kappa shape index (κ3) is 4.81. The van der Waals surface area contributed by atoms with E-state index in [9.17, 15) is 28.9 Å². The number of amides is 1. The van der Waals surface area contributed by atoms with Gasteiger partial charge in [0.15, 0.2) is 0 Å². The molecule has 1 aromatic rings. The smallest absolute Gasteiger partial charge is 0.344 e. The molecular weight excluding hydrogens is 375 g/mol. The van der Waals surface area contributed by atoms with Gasteiger partial charge in [-0.1, -0.05) is 12.1 Å². The van der Waals surface area contributed by atoms with Gasteiger partial charge in [-0.2, -0.15) is 0 Å². The van der Waals surface area contributed by atoms with Gasteiger partial charge in [0.2, 0.25) is 17.5 Å². The van der Waals surface area contributed by atoms with Crippen molar-refractivity contribution in [3.05, 3.63) is 45.8 Å². The van der Waals surface area contributed by atoms with Crippen molar-refractivity contribution in [2.75, 3.05) is 13.2 Å². The van der Waals surface area contributed by atoms with E-state index in [-0.39, 0.29) is 18.8 Å². The zero-order valence-corrected chi connectivity index (χ0v) is 16.1. The van der Waals surface area contributed by atoms with Crippen molar-refractivity contribution in [3.63, 3.8) is 0 Å². The minimum atomic E-state index is -2.53. The molecule has 9 nitrogen and oxygen atoms in total. The number of hydrogen-bond donors (Lipinski definition) is 1. The molecule has 2 unspecified atom stereocenters. The Morgan fingerprint density at radius 2 is 1.61 bits per heavy atom. The van der Waals surface area contributed by atoms with Gasteiger partial charge in [-0.15, -0.1) is 0 Å². The van der Waals surface area contributed by atoms with E-state index in [0.29, 0.717) is 0 Å². The fourth-order valence-electron chi connectivity index (χ4n) is 2.97. The Hall–Kier alpha value is -3.04. The largest absolute Gasteiger partial charge is 0.464 e. The standard InChI is InChI=1S/C18H23FN2O7/c1-5-27-16(23)18(20-12(4)22,17(24)28-6-2)15(11(3)21(25)26)13-7-9-14(19)10-8-13/h7-11,15H,5-6H2,1-4H3,(H,20,22). The van der Waals surface area contributed by atoms with Crippen LogP contribution >= 0.6 is 0 Å². The van der Waals surface area contributed by atoms with Crippen LogP contribution in [0.4, 0.5) is 4.39 Å². The predicted octanol–water partition coefficient (Wildman–Crippen LogP) is 1.58. The monoisotopic (exact) mass is 398 g/mol. The van der Waals surface area contributed by atoms with Gasteiger partial charge in [0.1, 0.15) is 5.82 Å². The molecule has 0 aromatic heterocycles. The summed E-state index contributed by atoms with van der Waals surface area (Å²) in [5.41, 5.74) is -2.44. The van der Waals surface area contributed by atoms with E-state index >= 15 is 0 Å². The maximum Gasteiger partial charge on any atom is 0.344 e. The molecule has 1 amide bonds. The highest BCUT2D eigenvalue weighted by atomic mass is 19.1. The number of rotatable bonds is 9. The van der Waals surface area contributed by atoms with Crippen LogP contribution < -0.4 is 5.32 Å². The summed E-state index contributed by atoms with van der Waals surface area (Å²) in [5.74, 6) is -5.35. The average molecular weight is 398 g/mol. The first-order valence-electron chi connectivity index (χ1n) is 8.63. The van der Waals surface area contributed by atoms with Crippen molar-refractivity contribution in [1.82, 2.24) is 5.32 Å². The van der Waals surface area contributed by atoms with Crippen molar-refractivity contribution in [1.29, 1.82) is 0 Å². The Labute approximate surface area is 161 Å². The molecule has 154 valence electrons. The molecule has 0 bridgehead atoms. The summed E-state index contributed by atoms with van der Waals surface area (Å²) in [5, 5.41) is 13.8. The number of halogens is 1. The molecule has 10 heteroatoms. The van der Waals surface area contributed by atoms with E-state index in [2.05, 4.69) is 5.32 Å². The minimum Gasteiger partial charge on any atom is -0.464 e. The summed E-state index contributed by atoms with van der Waals surface area (Å²) in [6.07, 6.45) is 0. The summed E-state index contributed by atoms with van der Waals surface area (Å²) >= 11 is 0. The fraction of sp³-hybridized carbons (Fsp3) is 0.500. The number of nitrogens with zero attached hydrogens (tertiary/aromatic N) is 1. The Bertz CT molecular complexity index is 718. The molecule has 0 aliphatic rings. The summed E-state index contributed by atoms with van der Waals surface area (Å²) in [6.45, 7) is 4.87. The van der Waals surface area contributed by atoms with Crippen LogP contribution in [0.1, 0.15) is 39.2 Å². The topological polar surface area (TPSA) is 125 Å². The van der Waals surface area contributed by atoms with Crippen molar-refractivity contribution < 1.29 is 33.2 Å². The molecule has 0 aliphatic carbocycles. The lowest BCUT2D eigenvalue weighted by Crippen LogP contribution is -2.67. The normalized spacial score (nSPS) is 13.2. The second kappa shape index (κ2) is 9.77. The van der Waals surface area contributed by atoms with Crippen molar-refractivity contribution in [2.45, 2.75) is 45.2 Å². The van der Waals surface area contributed by atoms with Crippen LogP contribution in [0.2, 0.25) is 0 Å². The molecule has 1 N–H and O–H groups in total. The molecule has 2 atom stereocenters. The number of nitrogens with one attached hydrogen (secondary N) is 1. The lowest BCUT2D eigenvalue weighted by atomic mass is 9.74. The Balaban J connectivity index is 3.83. The van der Waals surface area contributed by atoms with Gasteiger partial charge in [-0.3, -0.25) is 14.9 Å². The highest BCUT2D eigenvalue weighted by molar-refractivity contribution is 6.09. The van der Waals surface area contributed by atoms with Crippen LogP contribution in [0.15, 0.2) is 24.3 Å². The SMILES string of the molecule is CCOC(=O)C(NC(C)=O)(C(=O)OCC)C(c1ccc(F)cc1)C(C)[N+](=O)[O-]. The fourth-order valence-corrected chi connectivity index (χ4v) is 2.97. The summed E-state index contributed by atoms with van der Waals surface area (Å²) < 4.78 is 23.3. The van der Waals surface area contributed by atoms with Crippen LogP contribution in [-0.2, 0) is 23.9 Å². The summed E-state index contributed by atoms with van der Waals surface area (Å²) in [4.78, 5) is 48.6. The highest BCUT2D eigenvalue weighted by Crippen LogP contribution is 2.36. The average Bonchev–Trinajstić information content (AvgIpc) is 2.62. The van der Waals surface area contributed by atoms with E-state index in [4.69, 9.17) is 9.47 Å². The number of esters is 2. The van der Waals surface area contributed by atoms with Crippen molar-refractivity contribution >= 4 is 17.8 Å². The number of nitro groups is 1. The maximum atomic E-state index is 13.4. The van der Waals surface area contributed by atoms with Crippen molar-refractivity contribution in [2.24, 2.45) is 0 Å². The van der Waals surface area contributed by atoms with E-state index < -0.39 is 46.1 Å². The van der Waals surface area contributed by atoms with Gasteiger partial charge in [0.05, 0.1) is 19.1 Å². The van der Waals surface area contributed by atoms with Gasteiger partial charge in [-0.05, 0) is 31.5 Å². The third-order valence-corrected chi connectivity index (χ3v) is 4.08. The molecule has 0 radical (unpaired) electrons. The van der Waals surface area contributed by atoms with Crippen LogP contribution in [0.5, 0.6) is 0 Å². The second-order valence-corrected chi connectivity index (χ2v) is 5.99. The first-order chi connectivity index (χ1) is 13.1. The van der Waals surface area contributed by atoms with Crippen LogP contribution in [0, 0.1) is 15.9 Å². The van der Waals surface area contributed by atoms with E-state index in [0.717, 1.165) is 19.1 Å². The van der Waals surface area contributed by atoms with Gasteiger partial charge in [0, 0.05) is 18.8 Å². The molecule has 0 aliphatic heterocycles. The van der Waals surface area contributed by atoms with Crippen molar-refractivity contribution in [3.8, 4) is 0 Å². The molecule has 28 heavy (non-hydrogen) atoms. The van der Waals surface area contributed by atoms with Crippen LogP contribution in [-0.4, -0.2) is 47.6 Å². The van der Waals surface area contributed by atoms with E-state index in [1.807, 2.05) is 0 Å². The molecule has 0 fully saturated rings. The van der Waals surface area contributed by atoms with Crippen LogP contribution in [0.3, 0.4) is 0 Å². The van der Waals surface area contributed by atoms with Gasteiger partial charge >= 0.3 is 11.9 Å². The summed E-state index contributed by atoms with van der Waals surface area (Å²) in [6, 6.07) is 2.93. The zero-order chi connectivity index (χ0) is 21.5. The number of ether oxygens (including phenoxy) is 2. The lowest BCUT2D eigenvalue weighted by Gasteiger charge is -2.37. The molecule has 1 rings (SSSR count). The van der Waals surface area contributed by atoms with Gasteiger partial charge in [-0.25, -0.2) is 14.0 Å². The molecule has 0 saturated carbocycles. The second-order valence-electron chi connectivity index (χ2n) is 5.99. The molecule has 0 heterocycles. The molecule has 0 saturated heterocycles. The van der Waals surface area contributed by atoms with E-state index in [1.54, 1.807) is 0 Å². The molecule has 0 spiro atoms. The number of benzene rings is 1.